The molecule has 0 saturated carbocycles. The number of nitrogens with zero attached hydrogens (tertiary/aromatic N) is 1. The van der Waals surface area contributed by atoms with Crippen molar-refractivity contribution >= 4 is 7.82 Å². The molecule has 1 fully saturated rings. The Kier molecular flexibility index (Phi) is 9.84. The summed E-state index contributed by atoms with van der Waals surface area (Å²) in [6.07, 6.45) is -3.74. The molecule has 3 aromatic rings. The number of aromatic nitrogens is 2. The second kappa shape index (κ2) is 13.0. The van der Waals surface area contributed by atoms with Crippen molar-refractivity contribution in [2.45, 2.75) is 63.9 Å². The lowest BCUT2D eigenvalue weighted by Crippen LogP contribution is -2.44. The van der Waals surface area contributed by atoms with E-state index in [1.54, 1.807) is 32.0 Å². The summed E-state index contributed by atoms with van der Waals surface area (Å²) in [5.74, 6) is 0.164. The van der Waals surface area contributed by atoms with Gasteiger partial charge >= 0.3 is 13.5 Å². The van der Waals surface area contributed by atoms with Crippen molar-refractivity contribution in [2.75, 3.05) is 13.2 Å². The number of aliphatic hydroxyl groups excluding tert-OH is 1. The van der Waals surface area contributed by atoms with Gasteiger partial charge in [-0.1, -0.05) is 42.5 Å². The van der Waals surface area contributed by atoms with E-state index in [1.165, 1.54) is 12.1 Å². The third-order valence-electron chi connectivity index (χ3n) is 6.59. The number of H-pyrrole nitrogens is 1. The van der Waals surface area contributed by atoms with E-state index in [0.29, 0.717) is 6.61 Å². The first-order chi connectivity index (χ1) is 19.8. The Hall–Kier alpha value is -3.16. The predicted octanol–water partition coefficient (Wildman–Crippen LogP) is 3.55. The largest absolute Gasteiger partial charge is 0.547 e. The molecule has 14 heteroatoms. The highest BCUT2D eigenvalue weighted by Gasteiger charge is 2.56. The summed E-state index contributed by atoms with van der Waals surface area (Å²) in [4.78, 5) is 25.7. The SMILES string of the molecule is Cc1ccccc1COCC(C)(C)NOP(=O)(OC[C@H]1O[C@@H](n2ccc(=O)[nH]c2=O)[C@](C)(F)[C@@H]1O)Oc1ccccc1. The second-order valence-electron chi connectivity index (χ2n) is 10.8. The van der Waals surface area contributed by atoms with E-state index in [4.69, 9.17) is 23.1 Å². The predicted molar refractivity (Wildman–Crippen MR) is 151 cm³/mol. The number of nitrogens with one attached hydrogen (secondary N) is 2. The van der Waals surface area contributed by atoms with Crippen molar-refractivity contribution in [1.82, 2.24) is 15.0 Å². The van der Waals surface area contributed by atoms with Crippen LogP contribution in [0.2, 0.25) is 0 Å². The molecule has 12 nitrogen and oxygen atoms in total. The molecule has 228 valence electrons. The van der Waals surface area contributed by atoms with Gasteiger partial charge in [-0.05, 0) is 51.0 Å². The van der Waals surface area contributed by atoms with Gasteiger partial charge in [-0.3, -0.25) is 18.9 Å². The smallest absolute Gasteiger partial charge is 0.403 e. The van der Waals surface area contributed by atoms with E-state index in [1.807, 2.05) is 36.2 Å². The minimum Gasteiger partial charge on any atom is -0.403 e. The average Bonchev–Trinajstić information content (AvgIpc) is 3.16. The lowest BCUT2D eigenvalue weighted by molar-refractivity contribution is -0.0638. The topological polar surface area (TPSA) is 150 Å². The Labute approximate surface area is 241 Å². The minimum absolute atomic E-state index is 0.160. The number of aliphatic hydroxyl groups is 1. The average molecular weight is 608 g/mol. The summed E-state index contributed by atoms with van der Waals surface area (Å²) in [7, 11) is -4.46. The first-order valence-electron chi connectivity index (χ1n) is 13.2. The number of para-hydroxylation sites is 1. The van der Waals surface area contributed by atoms with Gasteiger partial charge < -0.3 is 19.1 Å². The number of hydroxylamine groups is 1. The van der Waals surface area contributed by atoms with E-state index in [2.05, 4.69) is 5.48 Å². The van der Waals surface area contributed by atoms with Crippen LogP contribution in [0.15, 0.2) is 76.4 Å². The Morgan fingerprint density at radius 2 is 1.83 bits per heavy atom. The molecule has 4 rings (SSSR count). The number of halogens is 1. The Morgan fingerprint density at radius 1 is 1.14 bits per heavy atom. The summed E-state index contributed by atoms with van der Waals surface area (Å²) < 4.78 is 58.1. The number of hydrogen-bond donors (Lipinski definition) is 3. The van der Waals surface area contributed by atoms with E-state index < -0.39 is 55.3 Å². The molecule has 42 heavy (non-hydrogen) atoms. The number of ether oxygens (including phenoxy) is 2. The highest BCUT2D eigenvalue weighted by atomic mass is 31.2. The zero-order valence-corrected chi connectivity index (χ0v) is 24.6. The molecule has 3 N–H and O–H groups in total. The second-order valence-corrected chi connectivity index (χ2v) is 12.3. The molecule has 1 unspecified atom stereocenters. The molecule has 0 aliphatic carbocycles. The van der Waals surface area contributed by atoms with E-state index in [9.17, 15) is 19.3 Å². The number of aryl methyl sites for hydroxylation is 1. The molecular weight excluding hydrogens is 572 g/mol. The summed E-state index contributed by atoms with van der Waals surface area (Å²) in [6, 6.07) is 16.9. The summed E-state index contributed by atoms with van der Waals surface area (Å²) in [5.41, 5.74) is -0.162. The Morgan fingerprint density at radius 3 is 2.52 bits per heavy atom. The molecule has 0 radical (unpaired) electrons. The van der Waals surface area contributed by atoms with Crippen molar-refractivity contribution in [3.05, 3.63) is 98.8 Å². The fourth-order valence-corrected chi connectivity index (χ4v) is 5.42. The van der Waals surface area contributed by atoms with Gasteiger partial charge in [0.25, 0.3) is 5.56 Å². The molecule has 1 saturated heterocycles. The monoisotopic (exact) mass is 607 g/mol. The Balaban J connectivity index is 1.44. The fraction of sp³-hybridized carbons (Fsp3) is 0.429. The van der Waals surface area contributed by atoms with Crippen LogP contribution in [0.1, 0.15) is 38.1 Å². The van der Waals surface area contributed by atoms with Gasteiger partial charge in [-0.15, -0.1) is 0 Å². The van der Waals surface area contributed by atoms with E-state index >= 15 is 4.39 Å². The van der Waals surface area contributed by atoms with Crippen LogP contribution in [0, 0.1) is 6.92 Å². The number of phosphoric ester groups is 1. The highest BCUT2D eigenvalue weighted by molar-refractivity contribution is 7.48. The normalized spacial score (nSPS) is 23.9. The van der Waals surface area contributed by atoms with Crippen LogP contribution < -0.4 is 21.3 Å². The van der Waals surface area contributed by atoms with Crippen molar-refractivity contribution in [1.29, 1.82) is 0 Å². The maximum absolute atomic E-state index is 15.6. The molecule has 1 aliphatic rings. The summed E-state index contributed by atoms with van der Waals surface area (Å²) >= 11 is 0. The van der Waals surface area contributed by atoms with Crippen LogP contribution in [0.5, 0.6) is 5.75 Å². The van der Waals surface area contributed by atoms with E-state index in [0.717, 1.165) is 34.9 Å². The fourth-order valence-electron chi connectivity index (χ4n) is 4.21. The van der Waals surface area contributed by atoms with Gasteiger partial charge in [0, 0.05) is 12.3 Å². The first kappa shape index (κ1) is 31.8. The number of phosphoric acid groups is 1. The molecule has 2 heterocycles. The molecule has 1 aliphatic heterocycles. The van der Waals surface area contributed by atoms with Gasteiger partial charge in [-0.25, -0.2) is 13.8 Å². The zero-order chi connectivity index (χ0) is 30.5. The maximum Gasteiger partial charge on any atom is 0.547 e. The van der Waals surface area contributed by atoms with Crippen molar-refractivity contribution in [3.8, 4) is 5.75 Å². The lowest BCUT2D eigenvalue weighted by atomic mass is 9.98. The van der Waals surface area contributed by atoms with Gasteiger partial charge in [0.1, 0.15) is 18.0 Å². The minimum atomic E-state index is -4.46. The molecule has 0 bridgehead atoms. The van der Waals surface area contributed by atoms with Gasteiger partial charge in [-0.2, -0.15) is 10.1 Å². The molecular formula is C28H35FN3O9P. The van der Waals surface area contributed by atoms with Crippen LogP contribution in [0.4, 0.5) is 4.39 Å². The maximum atomic E-state index is 15.6. The molecule has 1 aromatic heterocycles. The molecule has 0 amide bonds. The van der Waals surface area contributed by atoms with Crippen molar-refractivity contribution in [2.24, 2.45) is 0 Å². The summed E-state index contributed by atoms with van der Waals surface area (Å²) in [5, 5.41) is 10.7. The molecule has 2 aromatic carbocycles. The third-order valence-corrected chi connectivity index (χ3v) is 7.81. The lowest BCUT2D eigenvalue weighted by Gasteiger charge is -2.28. The number of benzene rings is 2. The quantitative estimate of drug-likeness (QED) is 0.194. The summed E-state index contributed by atoms with van der Waals surface area (Å²) in [6.45, 7) is 6.41. The molecule has 5 atom stereocenters. The van der Waals surface area contributed by atoms with Crippen LogP contribution in [-0.2, 0) is 29.8 Å². The number of rotatable bonds is 13. The van der Waals surface area contributed by atoms with Crippen molar-refractivity contribution in [3.63, 3.8) is 0 Å². The van der Waals surface area contributed by atoms with Crippen LogP contribution in [0.3, 0.4) is 0 Å². The zero-order valence-electron chi connectivity index (χ0n) is 23.7. The van der Waals surface area contributed by atoms with Gasteiger partial charge in [0.05, 0.1) is 25.4 Å². The van der Waals surface area contributed by atoms with Gasteiger partial charge in [0.15, 0.2) is 11.9 Å². The van der Waals surface area contributed by atoms with Crippen LogP contribution in [0.25, 0.3) is 0 Å². The van der Waals surface area contributed by atoms with Gasteiger partial charge in [0.2, 0.25) is 0 Å². The third kappa shape index (κ3) is 7.81. The van der Waals surface area contributed by atoms with Crippen LogP contribution in [-0.4, -0.2) is 51.3 Å². The number of hydrogen-bond acceptors (Lipinski definition) is 10. The highest BCUT2D eigenvalue weighted by Crippen LogP contribution is 2.50. The van der Waals surface area contributed by atoms with E-state index in [-0.39, 0.29) is 12.4 Å². The first-order valence-corrected chi connectivity index (χ1v) is 14.7. The number of aromatic amines is 1. The van der Waals surface area contributed by atoms with Crippen molar-refractivity contribution < 1.29 is 37.2 Å². The number of alkyl halides is 1. The standard InChI is InChI=1S/C28H35FN3O9P/c1-19-10-8-9-11-20(19)16-37-18-27(2,3)31-41-42(36,40-21-12-6-5-7-13-21)38-17-22-24(34)28(4,29)25(39-22)32-15-14-23(33)30-26(32)35/h5-15,22,24-25,31,34H,16-18H2,1-4H3,(H,30,33,35)/t22-,24-,25-,28-,42?/m1/s1. The van der Waals surface area contributed by atoms with Crippen LogP contribution >= 0.6 is 7.82 Å². The Bertz CT molecular complexity index is 1510. The molecule has 0 spiro atoms.